The largest absolute Gasteiger partial charge is 0.493 e. The van der Waals surface area contributed by atoms with E-state index in [9.17, 15) is 87.2 Å². The van der Waals surface area contributed by atoms with Gasteiger partial charge < -0.3 is 38.8 Å². The Kier molecular flexibility index (Phi) is 33.8. The first-order chi connectivity index (χ1) is 60.9. The van der Waals surface area contributed by atoms with Crippen LogP contribution in [0.3, 0.4) is 0 Å². The molecule has 0 bridgehead atoms. The number of hydrogen-bond donors (Lipinski definition) is 5. The summed E-state index contributed by atoms with van der Waals surface area (Å²) in [5.74, 6) is -3.57. The summed E-state index contributed by atoms with van der Waals surface area (Å²) in [5, 5.41) is 21.4. The first-order valence-corrected chi connectivity index (χ1v) is 51.6. The molecule has 4 heterocycles. The Morgan fingerprint density at radius 2 is 0.641 bits per heavy atom. The molecule has 16 rings (SSSR count). The summed E-state index contributed by atoms with van der Waals surface area (Å²) in [6, 6.07) is 43.3. The van der Waals surface area contributed by atoms with Crippen LogP contribution >= 0.6 is 0 Å². The Balaban J connectivity index is 0.000000172. The van der Waals surface area contributed by atoms with Gasteiger partial charge in [0.05, 0.1) is 80.8 Å². The number of benzene rings is 8. The van der Waals surface area contributed by atoms with Crippen molar-refractivity contribution >= 4 is 84.0 Å². The standard InChI is InChI=1S/C24H28FNO5S.C21H23FN2O6S2.C20H20FNO5S.C18H24FNO3.C6H7NO2S.CH5NO2S.CH4/c1-24(2,3)31-23(27)20-11-19(17-9-10-17)22(12-21(20)25)30-15-16-13-26(14-16)32(28,29)18-7-5-4-6-8-18;1-31(26,27)23-21(25)18-9-17(15-7-8-15)20(10-19(18)22)30-13-14-11-24(12-14)32(28,29)16-5-3-2-4-6-16;21-18-9-19(16(14-6-7-14)8-17(18)20(23)24)27-12-13-10-22(11-13)28(25,26)15-4-2-1-3-5-15;1-18(2,3)23-17(21)14-6-13(12-4-5-12)16(7-15(14)19)22-10-11-8-20-9-11;7-10(8,9)6-4-2-1-3-5-6;1-5(2,3)4;/h4-8,11-12,16-17H,9-10,13-15H2,1-3H3;2-6,9-10,14-15H,7-8,11-13H2,1H3,(H,23,25);1-5,8-9,13-14H,6-7,10-12H2,(H,23,24);6-7,11-12,20H,4-5,8-10H2,1-3H3;1-5H,(H2,7,8,9);1H3,(H2,2,3,4);1H4. The van der Waals surface area contributed by atoms with E-state index in [1.165, 1.54) is 49.3 Å². The number of nitrogens with one attached hydrogen (secondary N) is 2. The van der Waals surface area contributed by atoms with Crippen molar-refractivity contribution in [1.29, 1.82) is 0 Å². The molecule has 40 heteroatoms. The molecular formula is C91H111F4N7O23S6. The molecule has 4 aliphatic heterocycles. The van der Waals surface area contributed by atoms with E-state index in [0.717, 1.165) is 100 Å². The second-order valence-electron chi connectivity index (χ2n) is 35.0. The van der Waals surface area contributed by atoms with E-state index in [4.69, 9.17) is 38.7 Å². The third kappa shape index (κ3) is 29.8. The van der Waals surface area contributed by atoms with Gasteiger partial charge in [0, 0.05) is 100 Å². The van der Waals surface area contributed by atoms with Gasteiger partial charge >= 0.3 is 17.9 Å². The normalized spacial score (nSPS) is 17.0. The number of carboxylic acids is 1. The number of nitrogens with zero attached hydrogens (tertiary/aromatic N) is 3. The quantitative estimate of drug-likeness (QED) is 0.0225. The van der Waals surface area contributed by atoms with Gasteiger partial charge in [0.15, 0.2) is 0 Å². The minimum atomic E-state index is -3.82. The zero-order chi connectivity index (χ0) is 94.8. The molecule has 0 unspecified atom stereocenters. The van der Waals surface area contributed by atoms with Gasteiger partial charge in [0.1, 0.15) is 57.5 Å². The Morgan fingerprint density at radius 3 is 0.870 bits per heavy atom. The van der Waals surface area contributed by atoms with Crippen LogP contribution in [-0.4, -0.2) is 195 Å². The maximum atomic E-state index is 14.7. The van der Waals surface area contributed by atoms with Crippen molar-refractivity contribution in [3.63, 3.8) is 0 Å². The van der Waals surface area contributed by atoms with Gasteiger partial charge in [-0.15, -0.1) is 0 Å². The molecule has 4 aliphatic carbocycles. The van der Waals surface area contributed by atoms with Crippen LogP contribution in [0.2, 0.25) is 0 Å². The number of amides is 1. The molecule has 712 valence electrons. The number of carbonyl (C=O) groups is 4. The van der Waals surface area contributed by atoms with E-state index in [-0.39, 0.29) is 105 Å². The Bertz CT molecular complexity index is 6130. The highest BCUT2D eigenvalue weighted by Crippen LogP contribution is 2.49. The van der Waals surface area contributed by atoms with Crippen molar-refractivity contribution in [2.24, 2.45) is 33.9 Å². The Morgan fingerprint density at radius 1 is 0.397 bits per heavy atom. The van der Waals surface area contributed by atoms with Crippen LogP contribution in [-0.2, 0) is 69.6 Å². The predicted octanol–water partition coefficient (Wildman–Crippen LogP) is 12.7. The second kappa shape index (κ2) is 42.9. The van der Waals surface area contributed by atoms with Gasteiger partial charge in [-0.3, -0.25) is 4.79 Å². The smallest absolute Gasteiger partial charge is 0.341 e. The molecule has 7 N–H and O–H groups in total. The first-order valence-electron chi connectivity index (χ1n) is 41.9. The summed E-state index contributed by atoms with van der Waals surface area (Å²) < 4.78 is 236. The van der Waals surface area contributed by atoms with E-state index >= 15 is 0 Å². The number of sulfonamides is 6. The number of rotatable bonds is 28. The van der Waals surface area contributed by atoms with Crippen molar-refractivity contribution in [3.05, 3.63) is 238 Å². The maximum absolute atomic E-state index is 14.7. The van der Waals surface area contributed by atoms with Gasteiger partial charge in [-0.2, -0.15) is 12.9 Å². The summed E-state index contributed by atoms with van der Waals surface area (Å²) >= 11 is 0. The number of halogens is 4. The fourth-order valence-electron chi connectivity index (χ4n) is 13.8. The molecule has 8 aliphatic rings. The number of hydrogen-bond acceptors (Lipinski definition) is 23. The summed E-state index contributed by atoms with van der Waals surface area (Å²) in [6.07, 6.45) is 9.37. The fraction of sp³-hybridized carbons (Fsp3) is 0.429. The molecule has 0 aromatic heterocycles. The molecule has 4 saturated heterocycles. The number of carboxylic acid groups (broad SMARTS) is 1. The topological polar surface area (TPSA) is 435 Å². The zero-order valence-electron chi connectivity index (χ0n) is 72.8. The fourth-order valence-corrected chi connectivity index (χ4v) is 19.6. The van der Waals surface area contributed by atoms with Gasteiger partial charge in [0.2, 0.25) is 60.1 Å². The van der Waals surface area contributed by atoms with Crippen LogP contribution in [0.25, 0.3) is 0 Å². The molecule has 131 heavy (non-hydrogen) atoms. The number of aromatic carboxylic acids is 1. The average molecular weight is 1940 g/mol. The van der Waals surface area contributed by atoms with Crippen LogP contribution < -0.4 is 39.3 Å². The third-order valence-corrected chi connectivity index (χ3v) is 28.2. The lowest BCUT2D eigenvalue weighted by Crippen LogP contribution is -2.51. The van der Waals surface area contributed by atoms with Crippen molar-refractivity contribution in [3.8, 4) is 23.0 Å². The van der Waals surface area contributed by atoms with Crippen LogP contribution in [0.4, 0.5) is 17.6 Å². The van der Waals surface area contributed by atoms with E-state index < -0.39 is 118 Å². The number of ether oxygens (including phenoxy) is 6. The van der Waals surface area contributed by atoms with Crippen LogP contribution in [0, 0.1) is 46.9 Å². The molecular weight excluding hydrogens is 1830 g/mol. The monoisotopic (exact) mass is 1940 g/mol. The van der Waals surface area contributed by atoms with E-state index in [1.807, 2.05) is 0 Å². The lowest BCUT2D eigenvalue weighted by Gasteiger charge is -2.37. The maximum Gasteiger partial charge on any atom is 0.341 e. The van der Waals surface area contributed by atoms with E-state index in [0.29, 0.717) is 91.8 Å². The minimum absolute atomic E-state index is 0. The molecule has 8 aromatic carbocycles. The third-order valence-electron chi connectivity index (χ3n) is 21.2. The lowest BCUT2D eigenvalue weighted by atomic mass is 10.0. The Labute approximate surface area is 763 Å². The van der Waals surface area contributed by atoms with Gasteiger partial charge in [0.25, 0.3) is 5.91 Å². The first kappa shape index (κ1) is 103. The molecule has 0 atom stereocenters. The summed E-state index contributed by atoms with van der Waals surface area (Å²) in [5.41, 5.74) is 0.957. The zero-order valence-corrected chi connectivity index (χ0v) is 77.7. The SMILES string of the molecule is C.CC(C)(C)OC(=O)c1cc(C2CC2)c(OCC2CN(S(=O)(=O)c3ccccc3)C2)cc1F.CC(C)(C)OC(=O)c1cc(C2CC2)c(OCC2CNC2)cc1F.CS(=O)(=O)NC(=O)c1cc(C2CC2)c(OCC2CN(S(=O)(=O)c3ccccc3)C2)cc1F.CS(N)(=O)=O.NS(=O)(=O)c1ccccc1.O=C(O)c1cc(C2CC2)c(OCC2CN(S(=O)(=O)c3ccccc3)C2)cc1F. The van der Waals surface area contributed by atoms with E-state index in [1.54, 1.807) is 168 Å². The highest BCUT2D eigenvalue weighted by atomic mass is 32.2. The summed E-state index contributed by atoms with van der Waals surface area (Å²) in [6.45, 7) is 15.7. The minimum Gasteiger partial charge on any atom is -0.493 e. The number of nitrogens with two attached hydrogens (primary N) is 2. The molecule has 0 radical (unpaired) electrons. The van der Waals surface area contributed by atoms with Gasteiger partial charge in [-0.25, -0.2) is 97.5 Å². The highest BCUT2D eigenvalue weighted by molar-refractivity contribution is 7.90. The highest BCUT2D eigenvalue weighted by Gasteiger charge is 2.42. The molecule has 30 nitrogen and oxygen atoms in total. The molecule has 8 aromatic rings. The molecule has 4 saturated carbocycles. The molecule has 1 amide bonds. The van der Waals surface area contributed by atoms with Gasteiger partial charge in [-0.1, -0.05) is 80.2 Å². The van der Waals surface area contributed by atoms with Crippen LogP contribution in [0.1, 0.15) is 188 Å². The van der Waals surface area contributed by atoms with Gasteiger partial charge in [-0.05, 0) is 212 Å². The summed E-state index contributed by atoms with van der Waals surface area (Å²) in [7, 11) is -21.0. The Hall–Kier alpha value is -9.98. The van der Waals surface area contributed by atoms with Crippen molar-refractivity contribution in [2.75, 3.05) is 91.3 Å². The second-order valence-corrected chi connectivity index (χ2v) is 45.8. The van der Waals surface area contributed by atoms with E-state index in [2.05, 4.69) is 10.5 Å². The molecule has 8 fully saturated rings. The average Bonchev–Trinajstić information content (AvgIpc) is 1.78. The van der Waals surface area contributed by atoms with Crippen LogP contribution in [0.5, 0.6) is 23.0 Å². The summed E-state index contributed by atoms with van der Waals surface area (Å²) in [4.78, 5) is 48.8. The number of primary sulfonamides is 2. The number of carbonyl (C=O) groups excluding carboxylic acids is 3. The van der Waals surface area contributed by atoms with Crippen molar-refractivity contribution < 1.29 is 121 Å². The van der Waals surface area contributed by atoms with Crippen molar-refractivity contribution in [2.45, 2.75) is 155 Å². The lowest BCUT2D eigenvalue weighted by molar-refractivity contribution is 0.00515. The van der Waals surface area contributed by atoms with Crippen LogP contribution in [0.15, 0.2) is 189 Å². The number of esters is 2. The van der Waals surface area contributed by atoms with Crippen molar-refractivity contribution in [1.82, 2.24) is 23.0 Å². The predicted molar refractivity (Wildman–Crippen MR) is 481 cm³/mol. The molecule has 0 spiro atoms.